The molecule has 0 spiro atoms. The first-order chi connectivity index (χ1) is 17.7. The summed E-state index contributed by atoms with van der Waals surface area (Å²) in [6.45, 7) is 0. The summed E-state index contributed by atoms with van der Waals surface area (Å²) in [6, 6.07) is 18.2. The van der Waals surface area contributed by atoms with E-state index < -0.39 is 33.9 Å². The molecule has 0 aliphatic rings. The Kier molecular flexibility index (Phi) is 8.92. The first kappa shape index (κ1) is 27.3. The number of rotatable bonds is 11. The van der Waals surface area contributed by atoms with E-state index >= 15 is 0 Å². The molecule has 0 aliphatic heterocycles. The third-order valence-corrected chi connectivity index (χ3v) is 7.20. The highest BCUT2D eigenvalue weighted by atomic mass is 32.2. The average molecular weight is 519 g/mol. The molecule has 0 heterocycles. The number of hydrogen-bond acceptors (Lipinski definition) is 6. The van der Waals surface area contributed by atoms with E-state index in [-0.39, 0.29) is 27.8 Å². The molecule has 3 rings (SSSR count). The van der Waals surface area contributed by atoms with Crippen LogP contribution in [0.1, 0.15) is 45.9 Å². The van der Waals surface area contributed by atoms with Crippen LogP contribution in [-0.4, -0.2) is 42.2 Å². The van der Waals surface area contributed by atoms with Crippen molar-refractivity contribution >= 4 is 28.1 Å². The molecule has 0 saturated carbocycles. The van der Waals surface area contributed by atoms with E-state index in [1.165, 1.54) is 30.6 Å². The number of hydroxylamine groups is 1. The molecule has 0 aromatic heterocycles. The van der Waals surface area contributed by atoms with Gasteiger partial charge in [-0.25, -0.2) is 8.42 Å². The van der Waals surface area contributed by atoms with Crippen LogP contribution in [0.4, 0.5) is 0 Å². The minimum Gasteiger partial charge on any atom is -0.366 e. The maximum Gasteiger partial charge on any atom is 0.265 e. The summed E-state index contributed by atoms with van der Waals surface area (Å²) in [5, 5.41) is 13.1. The van der Waals surface area contributed by atoms with Gasteiger partial charge in [-0.05, 0) is 47.9 Å². The van der Waals surface area contributed by atoms with Crippen LogP contribution in [0.25, 0.3) is 0 Å². The van der Waals surface area contributed by atoms with Crippen LogP contribution >= 0.6 is 0 Å². The molecule has 189 valence electrons. The summed E-state index contributed by atoms with van der Waals surface area (Å²) in [4.78, 5) is 36.1. The lowest BCUT2D eigenvalue weighted by atomic mass is 9.93. The lowest BCUT2D eigenvalue weighted by molar-refractivity contribution is -0.122. The molecule has 9 nitrogen and oxygen atoms in total. The van der Waals surface area contributed by atoms with E-state index in [9.17, 15) is 28.0 Å². The Morgan fingerprint density at radius 3 is 2.22 bits per heavy atom. The van der Waals surface area contributed by atoms with Gasteiger partial charge in [-0.1, -0.05) is 58.9 Å². The predicted octanol–water partition coefficient (Wildman–Crippen LogP) is 2.31. The zero-order valence-electron chi connectivity index (χ0n) is 19.6. The molecule has 1 unspecified atom stereocenters. The Hall–Kier alpha value is -4.30. The molecule has 2 atom stereocenters. The molecule has 10 heteroatoms. The fourth-order valence-corrected chi connectivity index (χ4v) is 4.85. The molecule has 0 aliphatic carbocycles. The lowest BCUT2D eigenvalue weighted by Gasteiger charge is -2.23. The van der Waals surface area contributed by atoms with Crippen LogP contribution < -0.4 is 11.1 Å². The smallest absolute Gasteiger partial charge is 0.265 e. The van der Waals surface area contributed by atoms with Gasteiger partial charge in [-0.2, -0.15) is 0 Å². The SMILES string of the molecule is C#Cc1ccc(S(=O)(=O)N(O)[C@@H]([C]=O)CCC(=O)NC(c2ccccc2)c2ccccc2C(N)=O)cc1. The number of amides is 2. The maximum atomic E-state index is 12.9. The molecule has 4 N–H and O–H groups in total. The second-order valence-corrected chi connectivity index (χ2v) is 9.78. The van der Waals surface area contributed by atoms with Crippen molar-refractivity contribution in [2.75, 3.05) is 0 Å². The van der Waals surface area contributed by atoms with Gasteiger partial charge in [0.1, 0.15) is 6.04 Å². The Morgan fingerprint density at radius 1 is 1.00 bits per heavy atom. The zero-order valence-corrected chi connectivity index (χ0v) is 20.4. The summed E-state index contributed by atoms with van der Waals surface area (Å²) < 4.78 is 25.3. The normalized spacial score (nSPS) is 12.8. The quantitative estimate of drug-likeness (QED) is 0.262. The molecule has 3 aromatic carbocycles. The molecular weight excluding hydrogens is 494 g/mol. The second-order valence-electron chi connectivity index (χ2n) is 7.98. The van der Waals surface area contributed by atoms with Crippen molar-refractivity contribution in [1.82, 2.24) is 9.79 Å². The van der Waals surface area contributed by atoms with E-state index in [0.717, 1.165) is 0 Å². The molecule has 2 amide bonds. The number of carbonyl (C=O) groups excluding carboxylic acids is 3. The fourth-order valence-electron chi connectivity index (χ4n) is 3.67. The largest absolute Gasteiger partial charge is 0.366 e. The Labute approximate surface area is 214 Å². The highest BCUT2D eigenvalue weighted by Gasteiger charge is 2.31. The first-order valence-electron chi connectivity index (χ1n) is 11.1. The molecule has 0 bridgehead atoms. The van der Waals surface area contributed by atoms with Gasteiger partial charge in [0, 0.05) is 17.5 Å². The minimum absolute atomic E-state index is 0.116. The molecule has 3 aromatic rings. The monoisotopic (exact) mass is 518 g/mol. The molecule has 37 heavy (non-hydrogen) atoms. The number of nitrogens with two attached hydrogens (primary N) is 1. The van der Waals surface area contributed by atoms with E-state index in [4.69, 9.17) is 12.2 Å². The average Bonchev–Trinajstić information content (AvgIpc) is 2.92. The number of terminal acetylenes is 1. The van der Waals surface area contributed by atoms with Crippen molar-refractivity contribution in [1.29, 1.82) is 0 Å². The number of primary amides is 1. The van der Waals surface area contributed by atoms with Crippen molar-refractivity contribution in [3.8, 4) is 12.3 Å². The summed E-state index contributed by atoms with van der Waals surface area (Å²) in [6.07, 6.45) is 6.05. The first-order valence-corrected chi connectivity index (χ1v) is 12.5. The Bertz CT molecular complexity index is 1420. The van der Waals surface area contributed by atoms with Crippen LogP contribution in [0.15, 0.2) is 83.8 Å². The van der Waals surface area contributed by atoms with Crippen molar-refractivity contribution in [3.05, 3.63) is 101 Å². The van der Waals surface area contributed by atoms with Crippen LogP contribution in [0.5, 0.6) is 0 Å². The Balaban J connectivity index is 1.77. The highest BCUT2D eigenvalue weighted by Crippen LogP contribution is 2.26. The molecule has 0 fully saturated rings. The molecular formula is C27H24N3O6S. The van der Waals surface area contributed by atoms with Crippen LogP contribution in [-0.2, 0) is 19.6 Å². The van der Waals surface area contributed by atoms with Gasteiger partial charge in [-0.3, -0.25) is 19.6 Å². The number of nitrogens with zero attached hydrogens (tertiary/aromatic N) is 1. The van der Waals surface area contributed by atoms with Gasteiger partial charge in [0.15, 0.2) is 0 Å². The van der Waals surface area contributed by atoms with E-state index in [1.807, 2.05) is 0 Å². The fraction of sp³-hybridized carbons (Fsp3) is 0.148. The maximum absolute atomic E-state index is 12.9. The van der Waals surface area contributed by atoms with Gasteiger partial charge in [-0.15, -0.1) is 6.42 Å². The zero-order chi connectivity index (χ0) is 27.0. The third kappa shape index (κ3) is 6.48. The number of sulfonamides is 1. The molecule has 1 radical (unpaired) electrons. The number of hydrogen-bond donors (Lipinski definition) is 3. The van der Waals surface area contributed by atoms with Gasteiger partial charge in [0.25, 0.3) is 10.0 Å². The van der Waals surface area contributed by atoms with E-state index in [2.05, 4.69) is 11.2 Å². The second kappa shape index (κ2) is 12.1. The predicted molar refractivity (Wildman–Crippen MR) is 135 cm³/mol. The topological polar surface area (TPSA) is 147 Å². The summed E-state index contributed by atoms with van der Waals surface area (Å²) >= 11 is 0. The summed E-state index contributed by atoms with van der Waals surface area (Å²) in [7, 11) is -4.47. The van der Waals surface area contributed by atoms with Crippen molar-refractivity contribution in [2.45, 2.75) is 29.8 Å². The third-order valence-electron chi connectivity index (χ3n) is 5.59. The van der Waals surface area contributed by atoms with E-state index in [1.54, 1.807) is 54.6 Å². The van der Waals surface area contributed by atoms with Crippen molar-refractivity contribution in [3.63, 3.8) is 0 Å². The minimum atomic E-state index is -4.47. The number of carbonyl (C=O) groups is 2. The lowest BCUT2D eigenvalue weighted by Crippen LogP contribution is -2.40. The standard InChI is InChI=1S/C27H24N3O6S/c1-2-19-12-15-22(16-13-19)37(35,36)30(34)21(18-31)14-17-25(32)29-26(20-8-4-3-5-9-20)23-10-6-7-11-24(23)27(28)33/h1,3-13,15-16,21,26,34H,14,17H2,(H2,28,33)(H,29,32)/t21-,26?/m1/s1. The van der Waals surface area contributed by atoms with Crippen LogP contribution in [0.3, 0.4) is 0 Å². The summed E-state index contributed by atoms with van der Waals surface area (Å²) in [5.74, 6) is 1.12. The number of benzene rings is 3. The van der Waals surface area contributed by atoms with Crippen LogP contribution in [0.2, 0.25) is 0 Å². The van der Waals surface area contributed by atoms with Gasteiger partial charge in [0.05, 0.1) is 10.9 Å². The Morgan fingerprint density at radius 2 is 1.62 bits per heavy atom. The van der Waals surface area contributed by atoms with Crippen molar-refractivity contribution < 1.29 is 28.0 Å². The van der Waals surface area contributed by atoms with Crippen molar-refractivity contribution in [2.24, 2.45) is 5.73 Å². The number of nitrogens with one attached hydrogen (secondary N) is 1. The van der Waals surface area contributed by atoms with Gasteiger partial charge in [0.2, 0.25) is 18.1 Å². The molecule has 0 saturated heterocycles. The van der Waals surface area contributed by atoms with Gasteiger partial charge < -0.3 is 11.1 Å². The van der Waals surface area contributed by atoms with Gasteiger partial charge >= 0.3 is 0 Å². The highest BCUT2D eigenvalue weighted by molar-refractivity contribution is 7.89. The van der Waals surface area contributed by atoms with Crippen LogP contribution in [0, 0.1) is 12.3 Å². The summed E-state index contributed by atoms with van der Waals surface area (Å²) in [5.41, 5.74) is 7.32. The van der Waals surface area contributed by atoms with E-state index in [0.29, 0.717) is 16.7 Å².